The summed E-state index contributed by atoms with van der Waals surface area (Å²) in [5.74, 6) is 0. The third-order valence-electron chi connectivity index (χ3n) is 3.85. The highest BCUT2D eigenvalue weighted by atomic mass is 32.3. The van der Waals surface area contributed by atoms with E-state index in [9.17, 15) is 16.8 Å². The SMILES string of the molecule is CC(C)(C)c1ccc(S2=NS(=O)(=O)c3ccc(S(N)(=O)=O)cc32)cc1. The predicted octanol–water partition coefficient (Wildman–Crippen LogP) is 2.55. The highest BCUT2D eigenvalue weighted by molar-refractivity contribution is 8.03. The molecule has 3 rings (SSSR count). The molecule has 2 aromatic rings. The molecule has 1 atom stereocenters. The molecule has 2 N–H and O–H groups in total. The van der Waals surface area contributed by atoms with Crippen molar-refractivity contribution in [3.8, 4) is 0 Å². The van der Waals surface area contributed by atoms with Gasteiger partial charge in [-0.2, -0.15) is 8.42 Å². The Bertz CT molecular complexity index is 1100. The molecule has 1 aliphatic rings. The average molecular weight is 399 g/mol. The lowest BCUT2D eigenvalue weighted by Crippen LogP contribution is -2.12. The molecule has 9 heteroatoms. The Morgan fingerprint density at radius 2 is 1.64 bits per heavy atom. The van der Waals surface area contributed by atoms with Crippen molar-refractivity contribution >= 4 is 30.7 Å². The Kier molecular flexibility index (Phi) is 4.18. The standard InChI is InChI=1S/C16H18N2O4S3/c1-16(2,3)11-4-6-12(7-5-11)23-14-10-13(24(17,19)20)8-9-15(14)25(21,22)18-23/h4-10H,1-3H3,(H2,17,19,20). The lowest BCUT2D eigenvalue weighted by Gasteiger charge is -2.19. The number of rotatable bonds is 2. The second kappa shape index (κ2) is 5.73. The smallest absolute Gasteiger partial charge is 0.225 e. The fraction of sp³-hybridized carbons (Fsp3) is 0.250. The summed E-state index contributed by atoms with van der Waals surface area (Å²) in [6.45, 7) is 6.26. The van der Waals surface area contributed by atoms with Crippen molar-refractivity contribution in [3.05, 3.63) is 48.0 Å². The summed E-state index contributed by atoms with van der Waals surface area (Å²) in [7, 11) is -8.83. The third kappa shape index (κ3) is 3.41. The number of benzene rings is 2. The number of primary sulfonamides is 1. The van der Waals surface area contributed by atoms with Gasteiger partial charge in [0, 0.05) is 9.79 Å². The second-order valence-corrected chi connectivity index (χ2v) is 11.8. The van der Waals surface area contributed by atoms with Crippen molar-refractivity contribution in [1.82, 2.24) is 0 Å². The van der Waals surface area contributed by atoms with Gasteiger partial charge >= 0.3 is 0 Å². The Morgan fingerprint density at radius 3 is 2.16 bits per heavy atom. The van der Waals surface area contributed by atoms with Crippen molar-refractivity contribution in [2.24, 2.45) is 8.91 Å². The summed E-state index contributed by atoms with van der Waals surface area (Å²) in [6.07, 6.45) is 0. The zero-order valence-corrected chi connectivity index (χ0v) is 16.4. The number of hydrogen-bond acceptors (Lipinski definition) is 4. The first-order chi connectivity index (χ1) is 11.4. The summed E-state index contributed by atoms with van der Waals surface area (Å²) < 4.78 is 51.7. The first kappa shape index (κ1) is 18.2. The molecule has 6 nitrogen and oxygen atoms in total. The molecular weight excluding hydrogens is 380 g/mol. The van der Waals surface area contributed by atoms with Crippen LogP contribution in [-0.2, 0) is 36.2 Å². The van der Waals surface area contributed by atoms with Crippen LogP contribution in [0, 0.1) is 0 Å². The van der Waals surface area contributed by atoms with Crippen LogP contribution in [0.1, 0.15) is 26.3 Å². The van der Waals surface area contributed by atoms with Crippen LogP contribution in [0.15, 0.2) is 65.8 Å². The monoisotopic (exact) mass is 398 g/mol. The van der Waals surface area contributed by atoms with E-state index in [1.165, 1.54) is 18.2 Å². The van der Waals surface area contributed by atoms with E-state index in [1.807, 2.05) is 24.3 Å². The molecular formula is C16H18N2O4S3. The fourth-order valence-electron chi connectivity index (χ4n) is 2.46. The summed E-state index contributed by atoms with van der Waals surface area (Å²) in [6, 6.07) is 11.3. The molecule has 0 amide bonds. The molecule has 1 aliphatic heterocycles. The van der Waals surface area contributed by atoms with Crippen molar-refractivity contribution in [2.45, 2.75) is 45.8 Å². The van der Waals surface area contributed by atoms with Crippen LogP contribution in [0.3, 0.4) is 0 Å². The zero-order chi connectivity index (χ0) is 18.6. The molecule has 0 radical (unpaired) electrons. The largest absolute Gasteiger partial charge is 0.289 e. The van der Waals surface area contributed by atoms with E-state index in [4.69, 9.17) is 5.14 Å². The van der Waals surface area contributed by atoms with E-state index in [1.54, 1.807) is 0 Å². The summed E-state index contributed by atoms with van der Waals surface area (Å²) in [5.41, 5.74) is 1.08. The quantitative estimate of drug-likeness (QED) is 0.839. The molecule has 0 fully saturated rings. The molecule has 0 aliphatic carbocycles. The predicted molar refractivity (Wildman–Crippen MR) is 96.5 cm³/mol. The topological polar surface area (TPSA) is 107 Å². The molecule has 0 aromatic heterocycles. The molecule has 1 unspecified atom stereocenters. The van der Waals surface area contributed by atoms with E-state index < -0.39 is 30.7 Å². The molecule has 25 heavy (non-hydrogen) atoms. The molecule has 0 saturated carbocycles. The highest BCUT2D eigenvalue weighted by Crippen LogP contribution is 2.36. The minimum Gasteiger partial charge on any atom is -0.225 e. The van der Waals surface area contributed by atoms with E-state index in [-0.39, 0.29) is 15.2 Å². The van der Waals surface area contributed by atoms with Crippen LogP contribution in [0.2, 0.25) is 0 Å². The molecule has 0 saturated heterocycles. The van der Waals surface area contributed by atoms with Crippen LogP contribution < -0.4 is 5.14 Å². The molecule has 2 aromatic carbocycles. The van der Waals surface area contributed by atoms with Gasteiger partial charge in [-0.05, 0) is 52.0 Å². The maximum atomic E-state index is 12.3. The van der Waals surface area contributed by atoms with Gasteiger partial charge in [-0.15, -0.1) is 3.77 Å². The van der Waals surface area contributed by atoms with Gasteiger partial charge in [0.2, 0.25) is 10.0 Å². The minimum absolute atomic E-state index is 0.0285. The number of hydrogen-bond donors (Lipinski definition) is 1. The van der Waals surface area contributed by atoms with E-state index in [0.717, 1.165) is 5.56 Å². The maximum absolute atomic E-state index is 12.3. The normalized spacial score (nSPS) is 19.3. The lowest BCUT2D eigenvalue weighted by molar-refractivity contribution is 0.589. The van der Waals surface area contributed by atoms with Gasteiger partial charge in [0.05, 0.1) is 4.90 Å². The first-order valence-corrected chi connectivity index (χ1v) is 11.6. The number of nitrogens with zero attached hydrogens (tertiary/aromatic N) is 1. The van der Waals surface area contributed by atoms with Crippen molar-refractivity contribution in [2.75, 3.05) is 0 Å². The van der Waals surface area contributed by atoms with E-state index in [0.29, 0.717) is 9.79 Å². The van der Waals surface area contributed by atoms with Crippen LogP contribution in [-0.4, -0.2) is 16.8 Å². The summed E-state index contributed by atoms with van der Waals surface area (Å²) in [5, 5.41) is 5.17. The van der Waals surface area contributed by atoms with Gasteiger partial charge in [0.25, 0.3) is 10.0 Å². The third-order valence-corrected chi connectivity index (χ3v) is 8.65. The van der Waals surface area contributed by atoms with Gasteiger partial charge in [-0.3, -0.25) is 0 Å². The Morgan fingerprint density at radius 1 is 1.04 bits per heavy atom. The van der Waals surface area contributed by atoms with Gasteiger partial charge < -0.3 is 0 Å². The number of nitrogens with two attached hydrogens (primary N) is 1. The summed E-state index contributed by atoms with van der Waals surface area (Å²) >= 11 is 0. The first-order valence-electron chi connectivity index (χ1n) is 7.39. The molecule has 134 valence electrons. The van der Waals surface area contributed by atoms with E-state index in [2.05, 4.69) is 24.5 Å². The number of sulfonamides is 2. The fourth-order valence-corrected chi connectivity index (χ4v) is 7.10. The van der Waals surface area contributed by atoms with Crippen molar-refractivity contribution in [3.63, 3.8) is 0 Å². The zero-order valence-electron chi connectivity index (χ0n) is 13.9. The van der Waals surface area contributed by atoms with Crippen molar-refractivity contribution in [1.29, 1.82) is 0 Å². The Labute approximate surface area is 150 Å². The highest BCUT2D eigenvalue weighted by Gasteiger charge is 2.30. The van der Waals surface area contributed by atoms with Gasteiger partial charge in [0.1, 0.15) is 4.90 Å². The van der Waals surface area contributed by atoms with Gasteiger partial charge in [-0.1, -0.05) is 32.9 Å². The van der Waals surface area contributed by atoms with Crippen LogP contribution >= 0.6 is 0 Å². The Hall–Kier alpha value is -1.55. The average Bonchev–Trinajstić information content (AvgIpc) is 2.77. The van der Waals surface area contributed by atoms with Crippen LogP contribution in [0.25, 0.3) is 0 Å². The van der Waals surface area contributed by atoms with Crippen molar-refractivity contribution < 1.29 is 16.8 Å². The lowest BCUT2D eigenvalue weighted by atomic mass is 9.87. The number of fused-ring (bicyclic) bond motifs is 1. The summed E-state index contributed by atoms with van der Waals surface area (Å²) in [4.78, 5) is 0.974. The second-order valence-electron chi connectivity index (χ2n) is 6.76. The van der Waals surface area contributed by atoms with Crippen LogP contribution in [0.5, 0.6) is 0 Å². The van der Waals surface area contributed by atoms with E-state index >= 15 is 0 Å². The van der Waals surface area contributed by atoms with Gasteiger partial charge in [0.15, 0.2) is 0 Å². The molecule has 0 spiro atoms. The maximum Gasteiger partial charge on any atom is 0.289 e. The Balaban J connectivity index is 2.17. The minimum atomic E-state index is -3.93. The van der Waals surface area contributed by atoms with Gasteiger partial charge in [-0.25, -0.2) is 13.6 Å². The molecule has 0 bridgehead atoms. The molecule has 1 heterocycles. The van der Waals surface area contributed by atoms with Crippen LogP contribution in [0.4, 0.5) is 0 Å².